The SMILES string of the molecule is CNc1cc(C(=O)Nc2cc(Br)ccc2F)cc(Cl)n1. The van der Waals surface area contributed by atoms with Crippen LogP contribution in [0.1, 0.15) is 10.4 Å². The molecule has 0 radical (unpaired) electrons. The van der Waals surface area contributed by atoms with E-state index in [0.717, 1.165) is 0 Å². The molecule has 1 amide bonds. The van der Waals surface area contributed by atoms with Crippen LogP contribution in [0.4, 0.5) is 15.9 Å². The van der Waals surface area contributed by atoms with Crippen molar-refractivity contribution in [3.8, 4) is 0 Å². The maximum Gasteiger partial charge on any atom is 0.255 e. The van der Waals surface area contributed by atoms with Gasteiger partial charge in [0.15, 0.2) is 0 Å². The summed E-state index contributed by atoms with van der Waals surface area (Å²) in [4.78, 5) is 16.1. The number of nitrogens with zero attached hydrogens (tertiary/aromatic N) is 1. The van der Waals surface area contributed by atoms with Crippen LogP contribution >= 0.6 is 27.5 Å². The lowest BCUT2D eigenvalue weighted by atomic mass is 10.2. The second kappa shape index (κ2) is 6.19. The summed E-state index contributed by atoms with van der Waals surface area (Å²) in [5.74, 6) is -0.532. The molecule has 1 heterocycles. The number of rotatable bonds is 3. The van der Waals surface area contributed by atoms with Crippen LogP contribution in [0.3, 0.4) is 0 Å². The Morgan fingerprint density at radius 3 is 2.80 bits per heavy atom. The topological polar surface area (TPSA) is 54.0 Å². The summed E-state index contributed by atoms with van der Waals surface area (Å²) in [6, 6.07) is 7.23. The van der Waals surface area contributed by atoms with E-state index >= 15 is 0 Å². The van der Waals surface area contributed by atoms with E-state index in [1.54, 1.807) is 13.1 Å². The number of carbonyl (C=O) groups excluding carboxylic acids is 1. The number of amides is 1. The molecule has 0 unspecified atom stereocenters. The van der Waals surface area contributed by atoms with E-state index in [2.05, 4.69) is 31.5 Å². The van der Waals surface area contributed by atoms with Crippen LogP contribution in [0.2, 0.25) is 5.15 Å². The summed E-state index contributed by atoms with van der Waals surface area (Å²) >= 11 is 9.04. The van der Waals surface area contributed by atoms with Crippen LogP contribution in [0.5, 0.6) is 0 Å². The van der Waals surface area contributed by atoms with Gasteiger partial charge in [-0.3, -0.25) is 4.79 Å². The fraction of sp³-hybridized carbons (Fsp3) is 0.0769. The number of hydrogen-bond donors (Lipinski definition) is 2. The van der Waals surface area contributed by atoms with Crippen LogP contribution in [-0.2, 0) is 0 Å². The second-order valence-electron chi connectivity index (χ2n) is 3.89. The smallest absolute Gasteiger partial charge is 0.255 e. The number of pyridine rings is 1. The van der Waals surface area contributed by atoms with Crippen molar-refractivity contribution in [1.82, 2.24) is 4.98 Å². The van der Waals surface area contributed by atoms with E-state index in [9.17, 15) is 9.18 Å². The Morgan fingerprint density at radius 2 is 2.10 bits per heavy atom. The van der Waals surface area contributed by atoms with Gasteiger partial charge in [-0.25, -0.2) is 9.37 Å². The van der Waals surface area contributed by atoms with Gasteiger partial charge in [0.1, 0.15) is 16.8 Å². The third-order valence-electron chi connectivity index (χ3n) is 2.49. The fourth-order valence-corrected chi connectivity index (χ4v) is 2.11. The Morgan fingerprint density at radius 1 is 1.35 bits per heavy atom. The molecule has 0 bridgehead atoms. The van der Waals surface area contributed by atoms with Crippen molar-refractivity contribution in [2.24, 2.45) is 0 Å². The van der Waals surface area contributed by atoms with Gasteiger partial charge < -0.3 is 10.6 Å². The van der Waals surface area contributed by atoms with Crippen LogP contribution in [-0.4, -0.2) is 17.9 Å². The molecule has 1 aromatic carbocycles. The number of halogens is 3. The van der Waals surface area contributed by atoms with Crippen LogP contribution < -0.4 is 10.6 Å². The summed E-state index contributed by atoms with van der Waals surface area (Å²) in [6.07, 6.45) is 0. The molecule has 1 aromatic heterocycles. The standard InChI is InChI=1S/C13H10BrClFN3O/c1-17-12-5-7(4-11(15)19-12)13(20)18-10-6-8(14)2-3-9(10)16/h2-6H,1H3,(H,17,19)(H,18,20). The largest absolute Gasteiger partial charge is 0.373 e. The Bertz CT molecular complexity index is 666. The predicted octanol–water partition coefficient (Wildman–Crippen LogP) is 3.93. The first-order valence-corrected chi connectivity index (χ1v) is 6.78. The molecule has 2 rings (SSSR count). The maximum absolute atomic E-state index is 13.6. The molecule has 20 heavy (non-hydrogen) atoms. The van der Waals surface area contributed by atoms with Gasteiger partial charge >= 0.3 is 0 Å². The molecule has 4 nitrogen and oxygen atoms in total. The zero-order chi connectivity index (χ0) is 14.7. The number of hydrogen-bond acceptors (Lipinski definition) is 3. The number of anilines is 2. The van der Waals surface area contributed by atoms with Crippen molar-refractivity contribution >= 4 is 44.9 Å². The molecule has 0 saturated carbocycles. The average Bonchev–Trinajstić information content (AvgIpc) is 2.42. The van der Waals surface area contributed by atoms with Crippen LogP contribution in [0.25, 0.3) is 0 Å². The average molecular weight is 359 g/mol. The summed E-state index contributed by atoms with van der Waals surface area (Å²) in [6.45, 7) is 0. The second-order valence-corrected chi connectivity index (χ2v) is 5.20. The minimum atomic E-state index is -0.518. The van der Waals surface area contributed by atoms with E-state index in [-0.39, 0.29) is 16.4 Å². The zero-order valence-electron chi connectivity index (χ0n) is 10.4. The van der Waals surface area contributed by atoms with Gasteiger partial charge in [0.25, 0.3) is 5.91 Å². The molecule has 0 atom stereocenters. The molecule has 104 valence electrons. The lowest BCUT2D eigenvalue weighted by molar-refractivity contribution is 0.102. The highest BCUT2D eigenvalue weighted by Gasteiger charge is 2.12. The number of aromatic nitrogens is 1. The van der Waals surface area contributed by atoms with Crippen molar-refractivity contribution < 1.29 is 9.18 Å². The third kappa shape index (κ3) is 3.46. The third-order valence-corrected chi connectivity index (χ3v) is 3.18. The molecule has 0 fully saturated rings. The highest BCUT2D eigenvalue weighted by atomic mass is 79.9. The first kappa shape index (κ1) is 14.7. The zero-order valence-corrected chi connectivity index (χ0v) is 12.7. The van der Waals surface area contributed by atoms with Crippen molar-refractivity contribution in [1.29, 1.82) is 0 Å². The minimum Gasteiger partial charge on any atom is -0.373 e. The minimum absolute atomic E-state index is 0.0864. The van der Waals surface area contributed by atoms with Crippen molar-refractivity contribution in [3.63, 3.8) is 0 Å². The lowest BCUT2D eigenvalue weighted by Crippen LogP contribution is -2.13. The van der Waals surface area contributed by atoms with E-state index in [1.807, 2.05) is 0 Å². The Labute approximate surface area is 128 Å². The number of nitrogens with one attached hydrogen (secondary N) is 2. The van der Waals surface area contributed by atoms with Gasteiger partial charge in [0.2, 0.25) is 0 Å². The molecule has 2 N–H and O–H groups in total. The molecule has 0 aliphatic rings. The Hall–Kier alpha value is -1.66. The molecular formula is C13H10BrClFN3O. The highest BCUT2D eigenvalue weighted by molar-refractivity contribution is 9.10. The molecule has 7 heteroatoms. The van der Waals surface area contributed by atoms with Gasteiger partial charge in [-0.15, -0.1) is 0 Å². The fourth-order valence-electron chi connectivity index (χ4n) is 1.54. The molecule has 0 aliphatic heterocycles. The first-order chi connectivity index (χ1) is 9.49. The van der Waals surface area contributed by atoms with Crippen LogP contribution in [0, 0.1) is 5.82 Å². The molecule has 0 spiro atoms. The molecule has 2 aromatic rings. The van der Waals surface area contributed by atoms with Gasteiger partial charge in [-0.1, -0.05) is 27.5 Å². The van der Waals surface area contributed by atoms with Crippen molar-refractivity contribution in [2.45, 2.75) is 0 Å². The van der Waals surface area contributed by atoms with E-state index in [1.165, 1.54) is 24.3 Å². The lowest BCUT2D eigenvalue weighted by Gasteiger charge is -2.08. The Kier molecular flexibility index (Phi) is 4.57. The summed E-state index contributed by atoms with van der Waals surface area (Å²) in [7, 11) is 1.66. The van der Waals surface area contributed by atoms with Gasteiger partial charge in [-0.2, -0.15) is 0 Å². The summed E-state index contributed by atoms with van der Waals surface area (Å²) in [5, 5.41) is 5.46. The number of benzene rings is 1. The van der Waals surface area contributed by atoms with E-state index in [4.69, 9.17) is 11.6 Å². The quantitative estimate of drug-likeness (QED) is 0.817. The predicted molar refractivity (Wildman–Crippen MR) is 80.8 cm³/mol. The van der Waals surface area contributed by atoms with Gasteiger partial charge in [-0.05, 0) is 30.3 Å². The van der Waals surface area contributed by atoms with Gasteiger partial charge in [0, 0.05) is 17.1 Å². The summed E-state index contributed by atoms with van der Waals surface area (Å²) < 4.78 is 14.2. The Balaban J connectivity index is 2.28. The van der Waals surface area contributed by atoms with E-state index < -0.39 is 11.7 Å². The van der Waals surface area contributed by atoms with Gasteiger partial charge in [0.05, 0.1) is 5.69 Å². The molecule has 0 aliphatic carbocycles. The van der Waals surface area contributed by atoms with E-state index in [0.29, 0.717) is 10.3 Å². The molecule has 0 saturated heterocycles. The normalized spacial score (nSPS) is 10.2. The highest BCUT2D eigenvalue weighted by Crippen LogP contribution is 2.21. The molecular weight excluding hydrogens is 349 g/mol. The first-order valence-electron chi connectivity index (χ1n) is 5.61. The maximum atomic E-state index is 13.6. The monoisotopic (exact) mass is 357 g/mol. The summed E-state index contributed by atoms with van der Waals surface area (Å²) in [5.41, 5.74) is 0.372. The number of carbonyl (C=O) groups is 1. The van der Waals surface area contributed by atoms with Crippen molar-refractivity contribution in [2.75, 3.05) is 17.7 Å². The van der Waals surface area contributed by atoms with Crippen LogP contribution in [0.15, 0.2) is 34.8 Å². The van der Waals surface area contributed by atoms with Crippen molar-refractivity contribution in [3.05, 3.63) is 51.3 Å².